The molecule has 4 heteroatoms. The summed E-state index contributed by atoms with van der Waals surface area (Å²) in [6.45, 7) is 0.998. The monoisotopic (exact) mass is 221 g/mol. The number of hydrogen-bond acceptors (Lipinski definition) is 4. The molecule has 0 spiro atoms. The molecular formula is C11H15N3S. The quantitative estimate of drug-likeness (QED) is 0.625. The molecule has 0 amide bonds. The average Bonchev–Trinajstić information content (AvgIpc) is 2.63. The first-order chi connectivity index (χ1) is 7.25. The van der Waals surface area contributed by atoms with E-state index in [4.69, 9.17) is 5.73 Å². The Labute approximate surface area is 94.5 Å². The van der Waals surface area contributed by atoms with Gasteiger partial charge in [0, 0.05) is 30.4 Å². The molecule has 0 aliphatic carbocycles. The van der Waals surface area contributed by atoms with Crippen LogP contribution < -0.4 is 5.73 Å². The summed E-state index contributed by atoms with van der Waals surface area (Å²) in [6, 6.07) is 8.00. The van der Waals surface area contributed by atoms with Gasteiger partial charge in [0.1, 0.15) is 0 Å². The van der Waals surface area contributed by atoms with Crippen molar-refractivity contribution < 1.29 is 0 Å². The lowest BCUT2D eigenvalue weighted by atomic mass is 10.3. The van der Waals surface area contributed by atoms with Gasteiger partial charge >= 0.3 is 0 Å². The van der Waals surface area contributed by atoms with Gasteiger partial charge in [-0.25, -0.2) is 5.01 Å². The second kappa shape index (κ2) is 4.59. The van der Waals surface area contributed by atoms with Crippen LogP contribution >= 0.6 is 11.8 Å². The fraction of sp³-hybridized carbons (Fsp3) is 0.273. The molecule has 3 nitrogen and oxygen atoms in total. The smallest absolute Gasteiger partial charge is 0.0687 e. The molecule has 80 valence electrons. The van der Waals surface area contributed by atoms with Gasteiger partial charge in [-0.2, -0.15) is 0 Å². The molecule has 0 saturated carbocycles. The van der Waals surface area contributed by atoms with E-state index in [-0.39, 0.29) is 0 Å². The molecule has 0 bridgehead atoms. The van der Waals surface area contributed by atoms with Crippen molar-refractivity contribution in [2.45, 2.75) is 4.90 Å². The first-order valence-electron chi connectivity index (χ1n) is 4.88. The number of hydrazine groups is 1. The van der Waals surface area contributed by atoms with Crippen molar-refractivity contribution >= 4 is 17.4 Å². The van der Waals surface area contributed by atoms with Gasteiger partial charge in [-0.05, 0) is 24.3 Å². The number of rotatable bonds is 3. The predicted octanol–water partition coefficient (Wildman–Crippen LogP) is 1.99. The molecule has 2 rings (SSSR count). The van der Waals surface area contributed by atoms with Gasteiger partial charge in [0.25, 0.3) is 0 Å². The Morgan fingerprint density at radius 2 is 2.07 bits per heavy atom. The maximum Gasteiger partial charge on any atom is 0.0687 e. The fourth-order valence-corrected chi connectivity index (χ4v) is 2.32. The number of nitrogen functional groups attached to an aromatic ring is 1. The van der Waals surface area contributed by atoms with Crippen LogP contribution in [0.15, 0.2) is 41.4 Å². The van der Waals surface area contributed by atoms with Gasteiger partial charge < -0.3 is 10.7 Å². The van der Waals surface area contributed by atoms with Crippen LogP contribution in [0.2, 0.25) is 0 Å². The number of nitrogens with zero attached hydrogens (tertiary/aromatic N) is 2. The highest BCUT2D eigenvalue weighted by atomic mass is 32.2. The van der Waals surface area contributed by atoms with E-state index in [1.165, 1.54) is 4.90 Å². The zero-order valence-electron chi connectivity index (χ0n) is 8.76. The molecule has 0 saturated heterocycles. The summed E-state index contributed by atoms with van der Waals surface area (Å²) in [5.74, 6) is 0.966. The molecule has 0 radical (unpaired) electrons. The third kappa shape index (κ3) is 2.67. The Morgan fingerprint density at radius 3 is 2.67 bits per heavy atom. The summed E-state index contributed by atoms with van der Waals surface area (Å²) in [4.78, 5) is 1.25. The van der Waals surface area contributed by atoms with Crippen LogP contribution in [-0.4, -0.2) is 29.5 Å². The Balaban J connectivity index is 1.85. The summed E-state index contributed by atoms with van der Waals surface area (Å²) < 4.78 is 0. The van der Waals surface area contributed by atoms with Crippen LogP contribution in [0.3, 0.4) is 0 Å². The third-order valence-corrected chi connectivity index (χ3v) is 3.38. The van der Waals surface area contributed by atoms with Gasteiger partial charge in [0.2, 0.25) is 0 Å². The van der Waals surface area contributed by atoms with Crippen molar-refractivity contribution in [3.63, 3.8) is 0 Å². The Bertz CT molecular complexity index is 347. The molecule has 0 fully saturated rings. The van der Waals surface area contributed by atoms with Crippen molar-refractivity contribution in [3.8, 4) is 0 Å². The van der Waals surface area contributed by atoms with E-state index in [1.807, 2.05) is 23.9 Å². The minimum Gasteiger partial charge on any atom is -0.399 e. The van der Waals surface area contributed by atoms with E-state index in [0.29, 0.717) is 0 Å². The van der Waals surface area contributed by atoms with Gasteiger partial charge in [0.15, 0.2) is 0 Å². The lowest BCUT2D eigenvalue weighted by molar-refractivity contribution is 0.108. The highest BCUT2D eigenvalue weighted by molar-refractivity contribution is 7.99. The molecule has 0 atom stereocenters. The van der Waals surface area contributed by atoms with E-state index < -0.39 is 0 Å². The number of nitrogens with two attached hydrogens (primary N) is 1. The van der Waals surface area contributed by atoms with E-state index in [0.717, 1.165) is 18.1 Å². The molecule has 1 aliphatic rings. The standard InChI is InChI=1S/C11H15N3S/c1-13-7-2-8-14(13)9-15-11-5-3-10(12)4-6-11/h2-7H,8-9,12H2,1H3. The first-order valence-corrected chi connectivity index (χ1v) is 5.87. The van der Waals surface area contributed by atoms with Gasteiger partial charge in [0.05, 0.1) is 5.88 Å². The summed E-state index contributed by atoms with van der Waals surface area (Å²) in [6.07, 6.45) is 4.24. The van der Waals surface area contributed by atoms with E-state index in [9.17, 15) is 0 Å². The summed E-state index contributed by atoms with van der Waals surface area (Å²) in [5.41, 5.74) is 6.45. The predicted molar refractivity (Wildman–Crippen MR) is 65.2 cm³/mol. The lowest BCUT2D eigenvalue weighted by Gasteiger charge is -2.24. The highest BCUT2D eigenvalue weighted by Gasteiger charge is 2.11. The number of anilines is 1. The van der Waals surface area contributed by atoms with Crippen molar-refractivity contribution in [3.05, 3.63) is 36.5 Å². The van der Waals surface area contributed by atoms with Crippen LogP contribution in [0.4, 0.5) is 5.69 Å². The Hall–Kier alpha value is -1.13. The summed E-state index contributed by atoms with van der Waals surface area (Å²) in [5, 5.41) is 4.38. The van der Waals surface area contributed by atoms with E-state index >= 15 is 0 Å². The van der Waals surface area contributed by atoms with Gasteiger partial charge in [-0.1, -0.05) is 6.08 Å². The van der Waals surface area contributed by atoms with Gasteiger partial charge in [-0.3, -0.25) is 0 Å². The summed E-state index contributed by atoms with van der Waals surface area (Å²) in [7, 11) is 2.06. The van der Waals surface area contributed by atoms with E-state index in [2.05, 4.69) is 41.5 Å². The number of hydrogen-bond donors (Lipinski definition) is 1. The van der Waals surface area contributed by atoms with Crippen molar-refractivity contribution in [1.82, 2.24) is 10.0 Å². The second-order valence-electron chi connectivity index (χ2n) is 3.49. The van der Waals surface area contributed by atoms with Crippen molar-refractivity contribution in [2.75, 3.05) is 25.2 Å². The first kappa shape index (κ1) is 10.4. The lowest BCUT2D eigenvalue weighted by Crippen LogP contribution is -2.31. The molecule has 2 N–H and O–H groups in total. The maximum absolute atomic E-state index is 5.63. The minimum atomic E-state index is 0.819. The molecule has 1 aromatic carbocycles. The maximum atomic E-state index is 5.63. The average molecular weight is 221 g/mol. The largest absolute Gasteiger partial charge is 0.399 e. The Morgan fingerprint density at radius 1 is 1.33 bits per heavy atom. The molecule has 0 unspecified atom stereocenters. The fourth-order valence-electron chi connectivity index (χ4n) is 1.40. The molecule has 1 aliphatic heterocycles. The van der Waals surface area contributed by atoms with Crippen LogP contribution in [-0.2, 0) is 0 Å². The zero-order chi connectivity index (χ0) is 10.7. The minimum absolute atomic E-state index is 0.819. The number of benzene rings is 1. The molecule has 0 aromatic heterocycles. The SMILES string of the molecule is CN1C=CCN1CSc1ccc(N)cc1. The zero-order valence-corrected chi connectivity index (χ0v) is 9.57. The topological polar surface area (TPSA) is 32.5 Å². The third-order valence-electron chi connectivity index (χ3n) is 2.34. The van der Waals surface area contributed by atoms with Crippen LogP contribution in [0.25, 0.3) is 0 Å². The Kier molecular flexibility index (Phi) is 3.18. The normalized spacial score (nSPS) is 16.2. The van der Waals surface area contributed by atoms with E-state index in [1.54, 1.807) is 0 Å². The van der Waals surface area contributed by atoms with Gasteiger partial charge in [-0.15, -0.1) is 11.8 Å². The highest BCUT2D eigenvalue weighted by Crippen LogP contribution is 2.21. The molecule has 1 aromatic rings. The summed E-state index contributed by atoms with van der Waals surface area (Å²) >= 11 is 1.82. The van der Waals surface area contributed by atoms with Crippen molar-refractivity contribution in [1.29, 1.82) is 0 Å². The molecule has 15 heavy (non-hydrogen) atoms. The second-order valence-corrected chi connectivity index (χ2v) is 4.51. The number of thioether (sulfide) groups is 1. The van der Waals surface area contributed by atoms with Crippen molar-refractivity contribution in [2.24, 2.45) is 0 Å². The van der Waals surface area contributed by atoms with Crippen LogP contribution in [0.1, 0.15) is 0 Å². The van der Waals surface area contributed by atoms with Crippen LogP contribution in [0, 0.1) is 0 Å². The van der Waals surface area contributed by atoms with Crippen LogP contribution in [0.5, 0.6) is 0 Å². The molecular weight excluding hydrogens is 206 g/mol. The molecule has 1 heterocycles.